The maximum atomic E-state index is 13.3. The minimum atomic E-state index is -4.08. The van der Waals surface area contributed by atoms with E-state index >= 15 is 0 Å². The third-order valence-electron chi connectivity index (χ3n) is 4.18. The average Bonchev–Trinajstić information content (AvgIpc) is 2.64. The van der Waals surface area contributed by atoms with Gasteiger partial charge in [-0.05, 0) is 42.5 Å². The van der Waals surface area contributed by atoms with Gasteiger partial charge in [-0.15, -0.1) is 0 Å². The van der Waals surface area contributed by atoms with Crippen molar-refractivity contribution in [3.8, 4) is 0 Å². The lowest BCUT2D eigenvalue weighted by Gasteiger charge is -2.33. The smallest absolute Gasteiger partial charge is 0.207 e. The lowest BCUT2D eigenvalue weighted by molar-refractivity contribution is 0.272. The molecule has 2 aromatic rings. The van der Waals surface area contributed by atoms with Crippen LogP contribution >= 0.6 is 0 Å². The van der Waals surface area contributed by atoms with Gasteiger partial charge in [0.05, 0.1) is 9.79 Å². The number of benzene rings is 2. The van der Waals surface area contributed by atoms with Crippen LogP contribution in [-0.2, 0) is 20.0 Å². The summed E-state index contributed by atoms with van der Waals surface area (Å²) in [5, 5.41) is 0. The molecule has 0 radical (unpaired) electrons. The third kappa shape index (κ3) is 3.86. The van der Waals surface area contributed by atoms with Crippen LogP contribution in [0.15, 0.2) is 52.3 Å². The van der Waals surface area contributed by atoms with Gasteiger partial charge in [0.15, 0.2) is 11.6 Å². The number of hydrogen-bond donors (Lipinski definition) is 0. The van der Waals surface area contributed by atoms with Crippen LogP contribution in [0.3, 0.4) is 0 Å². The van der Waals surface area contributed by atoms with E-state index in [-0.39, 0.29) is 31.1 Å². The molecule has 0 atom stereocenters. The van der Waals surface area contributed by atoms with E-state index in [2.05, 4.69) is 0 Å². The lowest BCUT2D eigenvalue weighted by atomic mass is 10.3. The number of halogens is 3. The van der Waals surface area contributed by atoms with Crippen molar-refractivity contribution < 1.29 is 30.0 Å². The van der Waals surface area contributed by atoms with Gasteiger partial charge >= 0.3 is 0 Å². The zero-order valence-electron chi connectivity index (χ0n) is 13.8. The summed E-state index contributed by atoms with van der Waals surface area (Å²) in [7, 11) is -7.97. The van der Waals surface area contributed by atoms with Crippen LogP contribution in [0.1, 0.15) is 0 Å². The molecular weight excluding hydrogens is 405 g/mol. The van der Waals surface area contributed by atoms with Crippen molar-refractivity contribution >= 4 is 20.0 Å². The fourth-order valence-corrected chi connectivity index (χ4v) is 5.55. The molecule has 1 saturated heterocycles. The predicted octanol–water partition coefficient (Wildman–Crippen LogP) is 1.80. The highest BCUT2D eigenvalue weighted by Gasteiger charge is 2.34. The lowest BCUT2D eigenvalue weighted by Crippen LogP contribution is -2.50. The Hall–Kier alpha value is -1.95. The van der Waals surface area contributed by atoms with E-state index in [1.165, 1.54) is 0 Å². The summed E-state index contributed by atoms with van der Waals surface area (Å²) in [4.78, 5) is -0.503. The molecule has 27 heavy (non-hydrogen) atoms. The van der Waals surface area contributed by atoms with Gasteiger partial charge < -0.3 is 0 Å². The fourth-order valence-electron chi connectivity index (χ4n) is 2.69. The van der Waals surface area contributed by atoms with Crippen molar-refractivity contribution in [2.75, 3.05) is 26.2 Å². The molecule has 0 bridgehead atoms. The SMILES string of the molecule is O=S(=O)(c1ccc(F)cc1)N1CCN(S(=O)(=O)c2ccc(F)c(F)c2)CC1. The Labute approximate surface area is 154 Å². The first-order chi connectivity index (χ1) is 12.6. The van der Waals surface area contributed by atoms with Gasteiger partial charge in [-0.1, -0.05) is 0 Å². The highest BCUT2D eigenvalue weighted by atomic mass is 32.2. The number of rotatable bonds is 4. The normalized spacial score (nSPS) is 17.1. The predicted molar refractivity (Wildman–Crippen MR) is 90.3 cm³/mol. The van der Waals surface area contributed by atoms with E-state index in [9.17, 15) is 30.0 Å². The maximum absolute atomic E-state index is 13.3. The highest BCUT2D eigenvalue weighted by Crippen LogP contribution is 2.23. The molecule has 1 fully saturated rings. The zero-order chi connectivity index (χ0) is 19.8. The molecular formula is C16H15F3N2O4S2. The average molecular weight is 420 g/mol. The van der Waals surface area contributed by atoms with Gasteiger partial charge in [0, 0.05) is 26.2 Å². The van der Waals surface area contributed by atoms with Crippen molar-refractivity contribution in [1.82, 2.24) is 8.61 Å². The molecule has 0 saturated carbocycles. The number of sulfonamides is 2. The molecule has 11 heteroatoms. The van der Waals surface area contributed by atoms with Crippen molar-refractivity contribution in [1.29, 1.82) is 0 Å². The standard InChI is InChI=1S/C16H15F3N2O4S2/c17-12-1-3-13(4-2-12)26(22,23)20-7-9-21(10-8-20)27(24,25)14-5-6-15(18)16(19)11-14/h1-6,11H,7-10H2. The Bertz CT molecular complexity index is 1050. The van der Waals surface area contributed by atoms with E-state index in [1.54, 1.807) is 0 Å². The molecule has 1 aliphatic rings. The van der Waals surface area contributed by atoms with Crippen LogP contribution in [0.5, 0.6) is 0 Å². The van der Waals surface area contributed by atoms with Crippen LogP contribution in [0.25, 0.3) is 0 Å². The van der Waals surface area contributed by atoms with Crippen molar-refractivity contribution in [3.05, 3.63) is 59.9 Å². The maximum Gasteiger partial charge on any atom is 0.243 e. The zero-order valence-corrected chi connectivity index (χ0v) is 15.5. The second-order valence-electron chi connectivity index (χ2n) is 5.84. The second kappa shape index (κ2) is 7.23. The number of nitrogens with zero attached hydrogens (tertiary/aromatic N) is 2. The Morgan fingerprint density at radius 3 is 1.56 bits per heavy atom. The molecule has 1 heterocycles. The fraction of sp³-hybridized carbons (Fsp3) is 0.250. The molecule has 0 spiro atoms. The summed E-state index contributed by atoms with van der Waals surface area (Å²) in [6.07, 6.45) is 0. The third-order valence-corrected chi connectivity index (χ3v) is 7.99. The Morgan fingerprint density at radius 1 is 0.630 bits per heavy atom. The van der Waals surface area contributed by atoms with Crippen LogP contribution in [-0.4, -0.2) is 51.6 Å². The van der Waals surface area contributed by atoms with Crippen LogP contribution in [0.4, 0.5) is 13.2 Å². The van der Waals surface area contributed by atoms with E-state index < -0.39 is 42.4 Å². The van der Waals surface area contributed by atoms with Gasteiger partial charge in [-0.3, -0.25) is 0 Å². The minimum absolute atomic E-state index is 0.0965. The molecule has 1 aliphatic heterocycles. The highest BCUT2D eigenvalue weighted by molar-refractivity contribution is 7.89. The molecule has 0 amide bonds. The van der Waals surface area contributed by atoms with Crippen LogP contribution in [0, 0.1) is 17.5 Å². The van der Waals surface area contributed by atoms with Gasteiger partial charge in [0.1, 0.15) is 5.82 Å². The first-order valence-corrected chi connectivity index (χ1v) is 10.7. The van der Waals surface area contributed by atoms with Crippen LogP contribution < -0.4 is 0 Å². The molecule has 146 valence electrons. The summed E-state index contributed by atoms with van der Waals surface area (Å²) in [5.74, 6) is -3.02. The minimum Gasteiger partial charge on any atom is -0.207 e. The quantitative estimate of drug-likeness (QED) is 0.756. The van der Waals surface area contributed by atoms with E-state index in [0.29, 0.717) is 6.07 Å². The molecule has 0 aliphatic carbocycles. The summed E-state index contributed by atoms with van der Waals surface area (Å²) in [6, 6.07) is 6.58. The van der Waals surface area contributed by atoms with E-state index in [0.717, 1.165) is 45.0 Å². The van der Waals surface area contributed by atoms with Crippen molar-refractivity contribution in [2.24, 2.45) is 0 Å². The molecule has 0 N–H and O–H groups in total. The van der Waals surface area contributed by atoms with Gasteiger partial charge in [-0.2, -0.15) is 8.61 Å². The Kier molecular flexibility index (Phi) is 5.30. The number of hydrogen-bond acceptors (Lipinski definition) is 4. The summed E-state index contributed by atoms with van der Waals surface area (Å²) in [6.45, 7) is -0.547. The van der Waals surface area contributed by atoms with E-state index in [1.807, 2.05) is 0 Å². The molecule has 6 nitrogen and oxygen atoms in total. The monoisotopic (exact) mass is 420 g/mol. The van der Waals surface area contributed by atoms with Crippen molar-refractivity contribution in [3.63, 3.8) is 0 Å². The van der Waals surface area contributed by atoms with Gasteiger partial charge in [-0.25, -0.2) is 30.0 Å². The first kappa shape index (κ1) is 19.8. The second-order valence-corrected chi connectivity index (χ2v) is 9.71. The van der Waals surface area contributed by atoms with E-state index in [4.69, 9.17) is 0 Å². The molecule has 0 unspecified atom stereocenters. The summed E-state index contributed by atoms with van der Waals surface area (Å²) >= 11 is 0. The largest absolute Gasteiger partial charge is 0.243 e. The molecule has 2 aromatic carbocycles. The van der Waals surface area contributed by atoms with Gasteiger partial charge in [0.2, 0.25) is 20.0 Å². The summed E-state index contributed by atoms with van der Waals surface area (Å²) < 4.78 is 91.6. The Morgan fingerprint density at radius 2 is 1.07 bits per heavy atom. The molecule has 3 rings (SSSR count). The van der Waals surface area contributed by atoms with Gasteiger partial charge in [0.25, 0.3) is 0 Å². The summed E-state index contributed by atoms with van der Waals surface area (Å²) in [5.41, 5.74) is 0. The van der Waals surface area contributed by atoms with Crippen molar-refractivity contribution in [2.45, 2.75) is 9.79 Å². The topological polar surface area (TPSA) is 74.8 Å². The first-order valence-electron chi connectivity index (χ1n) is 7.83. The Balaban J connectivity index is 1.76. The number of piperazine rings is 1. The van der Waals surface area contributed by atoms with Crippen LogP contribution in [0.2, 0.25) is 0 Å². The molecule has 0 aromatic heterocycles.